The van der Waals surface area contributed by atoms with Gasteiger partial charge in [0.15, 0.2) is 11.4 Å². The molecule has 0 aliphatic carbocycles. The molecule has 5 heteroatoms. The van der Waals surface area contributed by atoms with Crippen molar-refractivity contribution < 1.29 is 13.9 Å². The molecule has 29 heavy (non-hydrogen) atoms. The fourth-order valence-electron chi connectivity index (χ4n) is 2.92. The number of nitrogens with zero attached hydrogens (tertiary/aromatic N) is 2. The van der Waals surface area contributed by atoms with Crippen molar-refractivity contribution >= 4 is 28.5 Å². The SMILES string of the molecule is CCCOc1ccc(C(=O)/C(=C\c2ccncc2)c2nc3ccccc3o2)cc1. The van der Waals surface area contributed by atoms with E-state index in [-0.39, 0.29) is 5.78 Å². The third-order valence-electron chi connectivity index (χ3n) is 4.38. The highest BCUT2D eigenvalue weighted by Crippen LogP contribution is 2.26. The molecule has 0 spiro atoms. The largest absolute Gasteiger partial charge is 0.494 e. The Morgan fingerprint density at radius 1 is 1.03 bits per heavy atom. The highest BCUT2D eigenvalue weighted by Gasteiger charge is 2.20. The number of rotatable bonds is 7. The Balaban J connectivity index is 1.73. The number of carbonyl (C=O) groups is 1. The predicted octanol–water partition coefficient (Wildman–Crippen LogP) is 5.44. The maximum absolute atomic E-state index is 13.3. The summed E-state index contributed by atoms with van der Waals surface area (Å²) >= 11 is 0. The van der Waals surface area contributed by atoms with Crippen LogP contribution in [-0.4, -0.2) is 22.4 Å². The first-order chi connectivity index (χ1) is 14.2. The number of para-hydroxylation sites is 2. The van der Waals surface area contributed by atoms with E-state index >= 15 is 0 Å². The van der Waals surface area contributed by atoms with E-state index in [0.717, 1.165) is 17.7 Å². The molecule has 2 aromatic carbocycles. The second kappa shape index (κ2) is 8.52. The molecular formula is C24H20N2O3. The molecule has 0 radical (unpaired) electrons. The van der Waals surface area contributed by atoms with Crippen LogP contribution < -0.4 is 4.74 Å². The Bertz CT molecular complexity index is 1110. The van der Waals surface area contributed by atoms with E-state index in [0.29, 0.717) is 34.7 Å². The van der Waals surface area contributed by atoms with Gasteiger partial charge in [-0.05, 0) is 66.6 Å². The van der Waals surface area contributed by atoms with Gasteiger partial charge in [0.2, 0.25) is 5.89 Å². The summed E-state index contributed by atoms with van der Waals surface area (Å²) in [7, 11) is 0. The monoisotopic (exact) mass is 384 g/mol. The number of allylic oxidation sites excluding steroid dienone is 1. The van der Waals surface area contributed by atoms with Crippen molar-refractivity contribution in [3.05, 3.63) is 90.1 Å². The van der Waals surface area contributed by atoms with Crippen LogP contribution in [0.25, 0.3) is 22.7 Å². The average Bonchev–Trinajstić information content (AvgIpc) is 3.20. The lowest BCUT2D eigenvalue weighted by atomic mass is 10.0. The maximum atomic E-state index is 13.3. The second-order valence-corrected chi connectivity index (χ2v) is 6.53. The van der Waals surface area contributed by atoms with Crippen LogP contribution >= 0.6 is 0 Å². The van der Waals surface area contributed by atoms with Crippen LogP contribution in [0.5, 0.6) is 5.75 Å². The standard InChI is InChI=1S/C24H20N2O3/c1-2-15-28-19-9-7-18(8-10-19)23(27)20(16-17-11-13-25-14-12-17)24-26-21-5-3-4-6-22(21)29-24/h3-14,16H,2,15H2,1H3/b20-16+. The molecule has 0 saturated heterocycles. The van der Waals surface area contributed by atoms with Crippen molar-refractivity contribution in [1.29, 1.82) is 0 Å². The summed E-state index contributed by atoms with van der Waals surface area (Å²) in [6.45, 7) is 2.69. The normalized spacial score (nSPS) is 11.6. The Kier molecular flexibility index (Phi) is 5.47. The van der Waals surface area contributed by atoms with E-state index in [1.165, 1.54) is 0 Å². The molecule has 0 aliphatic heterocycles. The Labute approximate surface area is 168 Å². The third-order valence-corrected chi connectivity index (χ3v) is 4.38. The first kappa shape index (κ1) is 18.6. The summed E-state index contributed by atoms with van der Waals surface area (Å²) in [5.74, 6) is 0.861. The van der Waals surface area contributed by atoms with E-state index < -0.39 is 0 Å². The number of aromatic nitrogens is 2. The van der Waals surface area contributed by atoms with Crippen molar-refractivity contribution in [1.82, 2.24) is 9.97 Å². The maximum Gasteiger partial charge on any atom is 0.231 e. The molecule has 0 bridgehead atoms. The Morgan fingerprint density at radius 3 is 2.52 bits per heavy atom. The van der Waals surface area contributed by atoms with Gasteiger partial charge in [0.25, 0.3) is 0 Å². The molecule has 0 unspecified atom stereocenters. The number of carbonyl (C=O) groups excluding carboxylic acids is 1. The molecule has 0 atom stereocenters. The van der Waals surface area contributed by atoms with Gasteiger partial charge in [-0.2, -0.15) is 0 Å². The van der Waals surface area contributed by atoms with Gasteiger partial charge in [0.05, 0.1) is 12.2 Å². The zero-order chi connectivity index (χ0) is 20.1. The number of benzene rings is 2. The summed E-state index contributed by atoms with van der Waals surface area (Å²) < 4.78 is 11.5. The highest BCUT2D eigenvalue weighted by atomic mass is 16.5. The van der Waals surface area contributed by atoms with E-state index in [9.17, 15) is 4.79 Å². The highest BCUT2D eigenvalue weighted by molar-refractivity contribution is 6.31. The van der Waals surface area contributed by atoms with Crippen LogP contribution in [0.15, 0.2) is 77.5 Å². The summed E-state index contributed by atoms with van der Waals surface area (Å²) in [4.78, 5) is 21.9. The van der Waals surface area contributed by atoms with Gasteiger partial charge in [0.1, 0.15) is 11.3 Å². The number of ether oxygens (including phenoxy) is 1. The summed E-state index contributed by atoms with van der Waals surface area (Å²) in [5.41, 5.74) is 3.11. The minimum absolute atomic E-state index is 0.171. The van der Waals surface area contributed by atoms with E-state index in [2.05, 4.69) is 16.9 Å². The lowest BCUT2D eigenvalue weighted by Gasteiger charge is -2.07. The fraction of sp³-hybridized carbons (Fsp3) is 0.125. The van der Waals surface area contributed by atoms with Gasteiger partial charge in [-0.25, -0.2) is 4.98 Å². The number of oxazole rings is 1. The molecule has 0 saturated carbocycles. The Hall–Kier alpha value is -3.73. The smallest absolute Gasteiger partial charge is 0.231 e. The number of hydrogen-bond acceptors (Lipinski definition) is 5. The third kappa shape index (κ3) is 4.24. The van der Waals surface area contributed by atoms with Crippen LogP contribution in [0, 0.1) is 0 Å². The van der Waals surface area contributed by atoms with Crippen molar-refractivity contribution in [2.45, 2.75) is 13.3 Å². The van der Waals surface area contributed by atoms with Crippen LogP contribution in [0.3, 0.4) is 0 Å². The van der Waals surface area contributed by atoms with Gasteiger partial charge in [-0.1, -0.05) is 19.1 Å². The van der Waals surface area contributed by atoms with Gasteiger partial charge in [-0.15, -0.1) is 0 Å². The molecule has 4 aromatic rings. The molecule has 144 valence electrons. The Morgan fingerprint density at radius 2 is 1.79 bits per heavy atom. The lowest BCUT2D eigenvalue weighted by Crippen LogP contribution is -2.04. The number of fused-ring (bicyclic) bond motifs is 1. The van der Waals surface area contributed by atoms with Crippen LogP contribution in [0.4, 0.5) is 0 Å². The van der Waals surface area contributed by atoms with Gasteiger partial charge < -0.3 is 9.15 Å². The van der Waals surface area contributed by atoms with Crippen molar-refractivity contribution in [2.75, 3.05) is 6.61 Å². The zero-order valence-corrected chi connectivity index (χ0v) is 16.0. The summed E-state index contributed by atoms with van der Waals surface area (Å²) in [6.07, 6.45) is 6.06. The first-order valence-corrected chi connectivity index (χ1v) is 9.50. The molecular weight excluding hydrogens is 364 g/mol. The number of hydrogen-bond donors (Lipinski definition) is 0. The minimum atomic E-state index is -0.171. The number of Topliss-reactive ketones (excluding diaryl/α,β-unsaturated/α-hetero) is 1. The fourth-order valence-corrected chi connectivity index (χ4v) is 2.92. The molecule has 2 aromatic heterocycles. The number of pyridine rings is 1. The van der Waals surface area contributed by atoms with Crippen LogP contribution in [0.2, 0.25) is 0 Å². The van der Waals surface area contributed by atoms with Gasteiger partial charge in [0, 0.05) is 18.0 Å². The number of ketones is 1. The van der Waals surface area contributed by atoms with Crippen molar-refractivity contribution in [2.24, 2.45) is 0 Å². The van der Waals surface area contributed by atoms with Crippen molar-refractivity contribution in [3.8, 4) is 5.75 Å². The lowest BCUT2D eigenvalue weighted by molar-refractivity contribution is 0.105. The first-order valence-electron chi connectivity index (χ1n) is 9.50. The molecule has 0 fully saturated rings. The average molecular weight is 384 g/mol. The summed E-state index contributed by atoms with van der Waals surface area (Å²) in [5, 5.41) is 0. The molecule has 2 heterocycles. The van der Waals surface area contributed by atoms with Gasteiger partial charge in [-0.3, -0.25) is 9.78 Å². The molecule has 0 amide bonds. The van der Waals surface area contributed by atoms with Crippen LogP contribution in [0.1, 0.15) is 35.2 Å². The van der Waals surface area contributed by atoms with Gasteiger partial charge >= 0.3 is 0 Å². The molecule has 0 N–H and O–H groups in total. The van der Waals surface area contributed by atoms with Crippen LogP contribution in [-0.2, 0) is 0 Å². The van der Waals surface area contributed by atoms with E-state index in [1.54, 1.807) is 42.7 Å². The minimum Gasteiger partial charge on any atom is -0.494 e. The quantitative estimate of drug-likeness (QED) is 0.314. The molecule has 0 aliphatic rings. The zero-order valence-electron chi connectivity index (χ0n) is 16.0. The van der Waals surface area contributed by atoms with E-state index in [4.69, 9.17) is 9.15 Å². The topological polar surface area (TPSA) is 65.2 Å². The summed E-state index contributed by atoms with van der Waals surface area (Å²) in [6, 6.07) is 18.2. The second-order valence-electron chi connectivity index (χ2n) is 6.53. The van der Waals surface area contributed by atoms with Crippen molar-refractivity contribution in [3.63, 3.8) is 0 Å². The molecule has 4 rings (SSSR count). The van der Waals surface area contributed by atoms with E-state index in [1.807, 2.05) is 36.4 Å². The predicted molar refractivity (Wildman–Crippen MR) is 113 cm³/mol. The molecule has 5 nitrogen and oxygen atoms in total.